The Morgan fingerprint density at radius 3 is 2.58 bits per heavy atom. The highest BCUT2D eigenvalue weighted by Gasteiger charge is 2.31. The van der Waals surface area contributed by atoms with Crippen molar-refractivity contribution in [1.29, 1.82) is 0 Å². The number of nitrogens with zero attached hydrogens (tertiary/aromatic N) is 1. The Morgan fingerprint density at radius 2 is 1.91 bits per heavy atom. The molecule has 5 nitrogen and oxygen atoms in total. The van der Waals surface area contributed by atoms with Crippen LogP contribution in [0.5, 0.6) is 5.75 Å². The fraction of sp³-hybridized carbons (Fsp3) is 0.462. The summed E-state index contributed by atoms with van der Waals surface area (Å²) < 4.78 is 6.58. The second-order valence-electron chi connectivity index (χ2n) is 8.58. The van der Waals surface area contributed by atoms with Gasteiger partial charge >= 0.3 is 0 Å². The number of carbonyl (C=O) groups excluding carboxylic acids is 2. The lowest BCUT2D eigenvalue weighted by atomic mass is 9.95. The first-order valence-corrected chi connectivity index (χ1v) is 12.8. The molecule has 2 amide bonds. The molecule has 1 N–H and O–H groups in total. The van der Waals surface area contributed by atoms with Gasteiger partial charge in [-0.25, -0.2) is 0 Å². The predicted molar refractivity (Wildman–Crippen MR) is 135 cm³/mol. The van der Waals surface area contributed by atoms with E-state index in [4.69, 9.17) is 16.3 Å². The summed E-state index contributed by atoms with van der Waals surface area (Å²) in [6, 6.07) is 12.8. The Bertz CT molecular complexity index is 962. The summed E-state index contributed by atoms with van der Waals surface area (Å²) in [5, 5.41) is 3.62. The van der Waals surface area contributed by atoms with Crippen LogP contribution in [0.25, 0.3) is 0 Å². The summed E-state index contributed by atoms with van der Waals surface area (Å²) in [6.45, 7) is 4.11. The molecule has 0 aliphatic heterocycles. The molecule has 0 radical (unpaired) electrons. The largest absolute Gasteiger partial charge is 0.482 e. The fourth-order valence-corrected chi connectivity index (χ4v) is 4.98. The molecule has 3 rings (SSSR count). The number of amides is 2. The van der Waals surface area contributed by atoms with Gasteiger partial charge in [0, 0.05) is 17.1 Å². The topological polar surface area (TPSA) is 58.6 Å². The first kappa shape index (κ1) is 25.6. The van der Waals surface area contributed by atoms with Gasteiger partial charge in [0.05, 0.1) is 5.02 Å². The average molecular weight is 536 g/mol. The Labute approximate surface area is 210 Å². The zero-order valence-electron chi connectivity index (χ0n) is 19.3. The van der Waals surface area contributed by atoms with Crippen LogP contribution in [-0.2, 0) is 16.1 Å². The standard InChI is InChI=1S/C26H32BrClN2O3/c1-3-23(26(32)29-21-11-5-4-6-12-21)30(16-19-10-8-7-9-18(19)2)25(31)17-33-24-14-13-20(27)15-22(24)28/h7-10,13-15,21,23H,3-6,11-12,16-17H2,1-2H3,(H,29,32)/t23-/m1/s1. The third-order valence-electron chi connectivity index (χ3n) is 6.18. The van der Waals surface area contributed by atoms with Crippen LogP contribution in [-0.4, -0.2) is 35.4 Å². The zero-order chi connectivity index (χ0) is 23.8. The van der Waals surface area contributed by atoms with Gasteiger partial charge in [-0.2, -0.15) is 0 Å². The number of nitrogens with one attached hydrogen (secondary N) is 1. The van der Waals surface area contributed by atoms with E-state index in [-0.39, 0.29) is 24.5 Å². The number of aryl methyl sites for hydroxylation is 1. The van der Waals surface area contributed by atoms with Crippen LogP contribution in [0, 0.1) is 6.92 Å². The molecule has 0 spiro atoms. The van der Waals surface area contributed by atoms with Gasteiger partial charge in [-0.1, -0.05) is 78.0 Å². The summed E-state index contributed by atoms with van der Waals surface area (Å²) >= 11 is 9.62. The minimum Gasteiger partial charge on any atom is -0.482 e. The number of rotatable bonds is 9. The van der Waals surface area contributed by atoms with Crippen LogP contribution in [0.15, 0.2) is 46.9 Å². The first-order valence-electron chi connectivity index (χ1n) is 11.6. The van der Waals surface area contributed by atoms with Crippen molar-refractivity contribution in [2.24, 2.45) is 0 Å². The van der Waals surface area contributed by atoms with Gasteiger partial charge in [-0.3, -0.25) is 9.59 Å². The van der Waals surface area contributed by atoms with Crippen LogP contribution >= 0.6 is 27.5 Å². The van der Waals surface area contributed by atoms with Crippen molar-refractivity contribution in [1.82, 2.24) is 10.2 Å². The average Bonchev–Trinajstić information content (AvgIpc) is 2.80. The molecule has 0 aromatic heterocycles. The predicted octanol–water partition coefficient (Wildman–Crippen LogP) is 6.05. The Kier molecular flexibility index (Phi) is 9.63. The van der Waals surface area contributed by atoms with Crippen molar-refractivity contribution in [3.05, 3.63) is 63.1 Å². The highest BCUT2D eigenvalue weighted by molar-refractivity contribution is 9.10. The van der Waals surface area contributed by atoms with Crippen LogP contribution in [0.1, 0.15) is 56.6 Å². The van der Waals surface area contributed by atoms with Gasteiger partial charge in [0.2, 0.25) is 5.91 Å². The van der Waals surface area contributed by atoms with Gasteiger partial charge in [0.1, 0.15) is 11.8 Å². The number of hydrogen-bond acceptors (Lipinski definition) is 3. The van der Waals surface area contributed by atoms with E-state index in [1.54, 1.807) is 17.0 Å². The quantitative estimate of drug-likeness (QED) is 0.425. The van der Waals surface area contributed by atoms with E-state index in [0.29, 0.717) is 23.7 Å². The van der Waals surface area contributed by atoms with Crippen molar-refractivity contribution in [3.8, 4) is 5.75 Å². The molecule has 1 saturated carbocycles. The van der Waals surface area contributed by atoms with E-state index in [1.165, 1.54) is 6.42 Å². The maximum atomic E-state index is 13.4. The number of carbonyl (C=O) groups is 2. The molecule has 7 heteroatoms. The van der Waals surface area contributed by atoms with Gasteiger partial charge in [0.25, 0.3) is 5.91 Å². The second kappa shape index (κ2) is 12.4. The highest BCUT2D eigenvalue weighted by atomic mass is 79.9. The van der Waals surface area contributed by atoms with E-state index in [2.05, 4.69) is 21.2 Å². The molecule has 0 heterocycles. The third-order valence-corrected chi connectivity index (χ3v) is 6.97. The third kappa shape index (κ3) is 7.21. The Balaban J connectivity index is 1.78. The molecular formula is C26H32BrClN2O3. The molecule has 33 heavy (non-hydrogen) atoms. The normalized spacial score (nSPS) is 15.0. The van der Waals surface area contributed by atoms with Crippen molar-refractivity contribution in [2.45, 2.75) is 71.0 Å². The molecule has 0 unspecified atom stereocenters. The van der Waals surface area contributed by atoms with Crippen LogP contribution in [0.3, 0.4) is 0 Å². The van der Waals surface area contributed by atoms with Gasteiger partial charge < -0.3 is 15.0 Å². The Morgan fingerprint density at radius 1 is 1.18 bits per heavy atom. The molecule has 1 atom stereocenters. The molecule has 0 saturated heterocycles. The van der Waals surface area contributed by atoms with Crippen LogP contribution in [0.2, 0.25) is 5.02 Å². The summed E-state index contributed by atoms with van der Waals surface area (Å²) in [4.78, 5) is 28.3. The lowest BCUT2D eigenvalue weighted by Gasteiger charge is -2.33. The lowest BCUT2D eigenvalue weighted by molar-refractivity contribution is -0.143. The highest BCUT2D eigenvalue weighted by Crippen LogP contribution is 2.28. The van der Waals surface area contributed by atoms with Crippen molar-refractivity contribution in [2.75, 3.05) is 6.61 Å². The van der Waals surface area contributed by atoms with Gasteiger partial charge in [0.15, 0.2) is 6.61 Å². The van der Waals surface area contributed by atoms with E-state index < -0.39 is 6.04 Å². The zero-order valence-corrected chi connectivity index (χ0v) is 21.6. The minimum absolute atomic E-state index is 0.0898. The first-order chi connectivity index (χ1) is 15.9. The summed E-state index contributed by atoms with van der Waals surface area (Å²) in [5.74, 6) is 0.0969. The lowest BCUT2D eigenvalue weighted by Crippen LogP contribution is -2.52. The fourth-order valence-electron chi connectivity index (χ4n) is 4.25. The summed E-state index contributed by atoms with van der Waals surface area (Å²) in [7, 11) is 0. The molecule has 1 aliphatic carbocycles. The minimum atomic E-state index is -0.567. The van der Waals surface area contributed by atoms with E-state index >= 15 is 0 Å². The number of halogens is 2. The summed E-state index contributed by atoms with van der Waals surface area (Å²) in [6.07, 6.45) is 6.01. The second-order valence-corrected chi connectivity index (χ2v) is 9.90. The maximum Gasteiger partial charge on any atom is 0.261 e. The maximum absolute atomic E-state index is 13.4. The molecule has 2 aromatic carbocycles. The monoisotopic (exact) mass is 534 g/mol. The van der Waals surface area contributed by atoms with Crippen molar-refractivity contribution in [3.63, 3.8) is 0 Å². The molecule has 0 bridgehead atoms. The van der Waals surface area contributed by atoms with E-state index in [9.17, 15) is 9.59 Å². The van der Waals surface area contributed by atoms with Gasteiger partial charge in [-0.05, 0) is 55.5 Å². The smallest absolute Gasteiger partial charge is 0.261 e. The SMILES string of the molecule is CC[C@H](C(=O)NC1CCCCC1)N(Cc1ccccc1C)C(=O)COc1ccc(Br)cc1Cl. The van der Waals surface area contributed by atoms with Crippen LogP contribution in [0.4, 0.5) is 0 Å². The Hall–Kier alpha value is -2.05. The summed E-state index contributed by atoms with van der Waals surface area (Å²) in [5.41, 5.74) is 2.09. The number of benzene rings is 2. The molecule has 1 fully saturated rings. The number of ether oxygens (including phenoxy) is 1. The van der Waals surface area contributed by atoms with Crippen molar-refractivity contribution >= 4 is 39.3 Å². The molecule has 178 valence electrons. The molecule has 2 aromatic rings. The van der Waals surface area contributed by atoms with E-state index in [1.807, 2.05) is 44.2 Å². The van der Waals surface area contributed by atoms with Gasteiger partial charge in [-0.15, -0.1) is 0 Å². The molecular weight excluding hydrogens is 504 g/mol. The van der Waals surface area contributed by atoms with E-state index in [0.717, 1.165) is 41.3 Å². The molecule has 1 aliphatic rings. The van der Waals surface area contributed by atoms with Crippen LogP contribution < -0.4 is 10.1 Å². The number of hydrogen-bond donors (Lipinski definition) is 1. The van der Waals surface area contributed by atoms with Crippen molar-refractivity contribution < 1.29 is 14.3 Å².